The number of aromatic nitrogens is 2. The molecule has 26 heavy (non-hydrogen) atoms. The molecule has 3 rings (SSSR count). The Kier molecular flexibility index (Phi) is 6.17. The number of hydrogen-bond acceptors (Lipinski definition) is 5. The fraction of sp³-hybridized carbons (Fsp3) is 0.529. The van der Waals surface area contributed by atoms with Gasteiger partial charge in [0.15, 0.2) is 0 Å². The van der Waals surface area contributed by atoms with E-state index in [0.717, 1.165) is 28.2 Å². The summed E-state index contributed by atoms with van der Waals surface area (Å²) in [4.78, 5) is 5.77. The van der Waals surface area contributed by atoms with Crippen molar-refractivity contribution in [1.82, 2.24) is 14.5 Å². The molecular weight excluding hydrogens is 392 g/mol. The molecule has 0 aliphatic heterocycles. The highest BCUT2D eigenvalue weighted by molar-refractivity contribution is 7.89. The normalized spacial score (nSPS) is 17.0. The third kappa shape index (κ3) is 4.36. The zero-order valence-corrected chi connectivity index (χ0v) is 17.3. The second kappa shape index (κ2) is 8.21. The predicted octanol–water partition coefficient (Wildman–Crippen LogP) is 3.33. The Bertz CT molecular complexity index is 944. The van der Waals surface area contributed by atoms with E-state index < -0.39 is 10.0 Å². The molecule has 1 aromatic carbocycles. The van der Waals surface area contributed by atoms with Crippen LogP contribution in [0.5, 0.6) is 0 Å². The van der Waals surface area contributed by atoms with Crippen LogP contribution in [0.25, 0.3) is 10.6 Å². The van der Waals surface area contributed by atoms with Gasteiger partial charge in [0, 0.05) is 19.2 Å². The van der Waals surface area contributed by atoms with Gasteiger partial charge in [-0.2, -0.15) is 5.10 Å². The van der Waals surface area contributed by atoms with E-state index in [1.807, 2.05) is 7.05 Å². The van der Waals surface area contributed by atoms with E-state index in [-0.39, 0.29) is 9.92 Å². The zero-order chi connectivity index (χ0) is 18.7. The zero-order valence-electron chi connectivity index (χ0n) is 14.9. The van der Waals surface area contributed by atoms with Crippen LogP contribution >= 0.6 is 22.9 Å². The van der Waals surface area contributed by atoms with Crippen LogP contribution in [0.15, 0.2) is 28.1 Å². The molecule has 1 aromatic heterocycles. The summed E-state index contributed by atoms with van der Waals surface area (Å²) in [5, 5.41) is 5.45. The number of nitrogens with one attached hydrogen (secondary N) is 1. The first-order chi connectivity index (χ1) is 12.4. The van der Waals surface area contributed by atoms with Crippen molar-refractivity contribution >= 4 is 33.0 Å². The van der Waals surface area contributed by atoms with Gasteiger partial charge in [-0.15, -0.1) is 0 Å². The number of benzene rings is 1. The minimum atomic E-state index is -3.63. The molecule has 0 atom stereocenters. The molecule has 1 fully saturated rings. The third-order valence-electron chi connectivity index (χ3n) is 4.38. The molecule has 0 amide bonds. The molecule has 1 aliphatic carbocycles. The second-order valence-corrected chi connectivity index (χ2v) is 9.48. The Morgan fingerprint density at radius 1 is 1.35 bits per heavy atom. The van der Waals surface area contributed by atoms with Crippen molar-refractivity contribution in [3.05, 3.63) is 28.0 Å². The number of nitrogens with zero attached hydrogens (tertiary/aromatic N) is 3. The summed E-state index contributed by atoms with van der Waals surface area (Å²) in [5.41, 5.74) is 0.719. The Balaban J connectivity index is 1.97. The lowest BCUT2D eigenvalue weighted by Gasteiger charge is -2.16. The molecule has 2 aromatic rings. The molecule has 0 bridgehead atoms. The van der Waals surface area contributed by atoms with Crippen LogP contribution in [0.4, 0.5) is 0 Å². The minimum absolute atomic E-state index is 0.0714. The van der Waals surface area contributed by atoms with E-state index >= 15 is 0 Å². The van der Waals surface area contributed by atoms with Crippen molar-refractivity contribution in [2.24, 2.45) is 12.0 Å². The average molecular weight is 415 g/mol. The van der Waals surface area contributed by atoms with E-state index in [2.05, 4.69) is 9.82 Å². The third-order valence-corrected chi connectivity index (χ3v) is 7.47. The minimum Gasteiger partial charge on any atom is -0.254 e. The lowest BCUT2D eigenvalue weighted by Crippen LogP contribution is -2.23. The van der Waals surface area contributed by atoms with Crippen LogP contribution in [0, 0.1) is 0 Å². The maximum atomic E-state index is 12.3. The molecule has 0 spiro atoms. The Morgan fingerprint density at radius 2 is 2.08 bits per heavy atom. The van der Waals surface area contributed by atoms with E-state index in [9.17, 15) is 8.42 Å². The van der Waals surface area contributed by atoms with Gasteiger partial charge in [-0.1, -0.05) is 55.2 Å². The summed E-state index contributed by atoms with van der Waals surface area (Å²) in [6.07, 6.45) is 6.00. The number of rotatable bonds is 5. The highest BCUT2D eigenvalue weighted by atomic mass is 35.5. The first-order valence-corrected chi connectivity index (χ1v) is 11.5. The molecule has 1 saturated carbocycles. The van der Waals surface area contributed by atoms with Gasteiger partial charge >= 0.3 is 0 Å². The van der Waals surface area contributed by atoms with Crippen LogP contribution in [-0.4, -0.2) is 30.8 Å². The summed E-state index contributed by atoms with van der Waals surface area (Å²) in [6, 6.07) is 5.32. The maximum absolute atomic E-state index is 12.3. The summed E-state index contributed by atoms with van der Waals surface area (Å²) >= 11 is 7.58. The average Bonchev–Trinajstić information content (AvgIpc) is 2.96. The Hall–Kier alpha value is -1.22. The molecule has 6 nitrogen and oxygen atoms in total. The molecule has 1 heterocycles. The number of hydrogen-bond donors (Lipinski definition) is 1. The van der Waals surface area contributed by atoms with Crippen LogP contribution in [0.3, 0.4) is 0 Å². The van der Waals surface area contributed by atoms with Crippen molar-refractivity contribution in [3.63, 3.8) is 0 Å². The first-order valence-electron chi connectivity index (χ1n) is 8.78. The van der Waals surface area contributed by atoms with Gasteiger partial charge < -0.3 is 0 Å². The molecular formula is C17H23ClN4O2S2. The van der Waals surface area contributed by atoms with Crippen molar-refractivity contribution in [2.75, 3.05) is 6.54 Å². The highest BCUT2D eigenvalue weighted by Crippen LogP contribution is 2.28. The van der Waals surface area contributed by atoms with E-state index in [4.69, 9.17) is 16.6 Å². The number of aryl methyl sites for hydroxylation is 1. The van der Waals surface area contributed by atoms with Crippen LogP contribution in [0.2, 0.25) is 5.02 Å². The highest BCUT2D eigenvalue weighted by Gasteiger charge is 2.19. The molecule has 142 valence electrons. The second-order valence-electron chi connectivity index (χ2n) is 6.38. The number of sulfonamides is 1. The Morgan fingerprint density at radius 3 is 2.77 bits per heavy atom. The van der Waals surface area contributed by atoms with Gasteiger partial charge in [0.05, 0.1) is 11.1 Å². The largest absolute Gasteiger partial charge is 0.254 e. The SMILES string of the molecule is CCNS(=O)(=O)c1cc(-c2nn(C)/c(=N\C3CCCCC3)s2)ccc1Cl. The van der Waals surface area contributed by atoms with Gasteiger partial charge in [0.25, 0.3) is 0 Å². The smallest absolute Gasteiger partial charge is 0.242 e. The predicted molar refractivity (Wildman–Crippen MR) is 105 cm³/mol. The van der Waals surface area contributed by atoms with Gasteiger partial charge in [-0.25, -0.2) is 17.8 Å². The summed E-state index contributed by atoms with van der Waals surface area (Å²) in [6.45, 7) is 2.04. The standard InChI is InChI=1S/C17H23ClN4O2S2/c1-3-19-26(23,24)15-11-12(9-10-14(15)18)16-21-22(2)17(25-16)20-13-7-5-4-6-8-13/h9-11,13,19H,3-8H2,1-2H3/b20-17+. The Labute approximate surface area is 163 Å². The fourth-order valence-electron chi connectivity index (χ4n) is 3.05. The van der Waals surface area contributed by atoms with Crippen molar-refractivity contribution < 1.29 is 8.42 Å². The quantitative estimate of drug-likeness (QED) is 0.815. The van der Waals surface area contributed by atoms with E-state index in [1.165, 1.54) is 30.6 Å². The molecule has 1 N–H and O–H groups in total. The van der Waals surface area contributed by atoms with Crippen LogP contribution < -0.4 is 9.52 Å². The van der Waals surface area contributed by atoms with E-state index in [1.54, 1.807) is 29.8 Å². The van der Waals surface area contributed by atoms with Crippen molar-refractivity contribution in [3.8, 4) is 10.6 Å². The van der Waals surface area contributed by atoms with Gasteiger partial charge in [0.2, 0.25) is 14.8 Å². The summed E-state index contributed by atoms with van der Waals surface area (Å²) in [7, 11) is -1.76. The fourth-order valence-corrected chi connectivity index (χ4v) is 5.58. The summed E-state index contributed by atoms with van der Waals surface area (Å²) in [5.74, 6) is 0. The molecule has 0 saturated heterocycles. The van der Waals surface area contributed by atoms with Gasteiger partial charge in [-0.05, 0) is 25.0 Å². The monoisotopic (exact) mass is 414 g/mol. The number of halogens is 1. The van der Waals surface area contributed by atoms with E-state index in [0.29, 0.717) is 12.6 Å². The van der Waals surface area contributed by atoms with Crippen LogP contribution in [0.1, 0.15) is 39.0 Å². The van der Waals surface area contributed by atoms with Crippen molar-refractivity contribution in [1.29, 1.82) is 0 Å². The summed E-state index contributed by atoms with van der Waals surface area (Å²) < 4.78 is 28.9. The van der Waals surface area contributed by atoms with Gasteiger partial charge in [0.1, 0.15) is 9.90 Å². The van der Waals surface area contributed by atoms with Crippen LogP contribution in [-0.2, 0) is 17.1 Å². The maximum Gasteiger partial charge on any atom is 0.242 e. The lowest BCUT2D eigenvalue weighted by atomic mass is 9.96. The topological polar surface area (TPSA) is 76.3 Å². The molecule has 1 aliphatic rings. The lowest BCUT2D eigenvalue weighted by molar-refractivity contribution is 0.434. The first kappa shape index (κ1) is 19.5. The van der Waals surface area contributed by atoms with Crippen molar-refractivity contribution in [2.45, 2.75) is 50.0 Å². The molecule has 0 unspecified atom stereocenters. The van der Waals surface area contributed by atoms with Gasteiger partial charge in [-0.3, -0.25) is 4.99 Å². The molecule has 9 heteroatoms. The molecule has 0 radical (unpaired) electrons.